The van der Waals surface area contributed by atoms with Crippen LogP contribution in [-0.4, -0.2) is 35.5 Å². The van der Waals surface area contributed by atoms with Crippen molar-refractivity contribution >= 4 is 11.8 Å². The minimum Gasteiger partial charge on any atom is -0.468 e. The second kappa shape index (κ2) is 4.54. The van der Waals surface area contributed by atoms with Crippen LogP contribution in [0.3, 0.4) is 0 Å². The SMILES string of the molecule is COC(=O)C1CC([N+](=O)[O-])(C(F)(F)F)CCC1=O. The average molecular weight is 269 g/mol. The summed E-state index contributed by atoms with van der Waals surface area (Å²) in [6, 6.07) is 0. The van der Waals surface area contributed by atoms with Crippen molar-refractivity contribution in [2.75, 3.05) is 7.11 Å². The van der Waals surface area contributed by atoms with Crippen LogP contribution < -0.4 is 0 Å². The van der Waals surface area contributed by atoms with Crippen molar-refractivity contribution in [1.82, 2.24) is 0 Å². The molecule has 1 fully saturated rings. The molecule has 2 unspecified atom stereocenters. The summed E-state index contributed by atoms with van der Waals surface area (Å²) in [5, 5.41) is 10.7. The second-order valence-electron chi connectivity index (χ2n) is 4.03. The van der Waals surface area contributed by atoms with Gasteiger partial charge < -0.3 is 4.74 Å². The number of alkyl halides is 3. The Balaban J connectivity index is 3.14. The van der Waals surface area contributed by atoms with E-state index in [9.17, 15) is 32.9 Å². The molecule has 0 aromatic rings. The summed E-state index contributed by atoms with van der Waals surface area (Å²) >= 11 is 0. The van der Waals surface area contributed by atoms with E-state index >= 15 is 0 Å². The van der Waals surface area contributed by atoms with E-state index in [1.807, 2.05) is 0 Å². The Hall–Kier alpha value is -1.67. The van der Waals surface area contributed by atoms with Crippen LogP contribution in [0.2, 0.25) is 0 Å². The predicted molar refractivity (Wildman–Crippen MR) is 50.1 cm³/mol. The van der Waals surface area contributed by atoms with Crippen molar-refractivity contribution < 1.29 is 32.4 Å². The number of hydrogen-bond donors (Lipinski definition) is 0. The van der Waals surface area contributed by atoms with E-state index in [1.54, 1.807) is 0 Å². The number of halogens is 3. The molecule has 9 heteroatoms. The van der Waals surface area contributed by atoms with E-state index in [2.05, 4.69) is 4.74 Å². The standard InChI is InChI=1S/C9H10F3NO5/c1-18-7(15)5-4-8(13(16)17,9(10,11)12)3-2-6(5)14/h5H,2-4H2,1H3. The van der Waals surface area contributed by atoms with Gasteiger partial charge in [0.25, 0.3) is 0 Å². The van der Waals surface area contributed by atoms with Crippen molar-refractivity contribution in [2.24, 2.45) is 5.92 Å². The third-order valence-electron chi connectivity index (χ3n) is 3.08. The number of ether oxygens (including phenoxy) is 1. The van der Waals surface area contributed by atoms with E-state index < -0.39 is 53.6 Å². The normalized spacial score (nSPS) is 28.9. The van der Waals surface area contributed by atoms with E-state index in [0.29, 0.717) is 0 Å². The predicted octanol–water partition coefficient (Wildman–Crippen LogP) is 1.11. The summed E-state index contributed by atoms with van der Waals surface area (Å²) in [6.07, 6.45) is -7.94. The molecular formula is C9H10F3NO5. The first kappa shape index (κ1) is 14.4. The first-order valence-corrected chi connectivity index (χ1v) is 4.97. The molecule has 0 N–H and O–H groups in total. The number of nitro groups is 1. The van der Waals surface area contributed by atoms with Crippen LogP contribution >= 0.6 is 0 Å². The Kier molecular flexibility index (Phi) is 3.63. The van der Waals surface area contributed by atoms with Crippen LogP contribution in [0.5, 0.6) is 0 Å². The third kappa shape index (κ3) is 2.16. The first-order valence-electron chi connectivity index (χ1n) is 4.97. The molecule has 0 aromatic heterocycles. The molecule has 2 atom stereocenters. The van der Waals surface area contributed by atoms with Crippen LogP contribution in [0.15, 0.2) is 0 Å². The average Bonchev–Trinajstić information content (AvgIpc) is 2.26. The van der Waals surface area contributed by atoms with E-state index in [4.69, 9.17) is 0 Å². The molecule has 0 saturated heterocycles. The zero-order valence-corrected chi connectivity index (χ0v) is 9.32. The highest BCUT2D eigenvalue weighted by molar-refractivity contribution is 5.99. The number of methoxy groups -OCH3 is 1. The summed E-state index contributed by atoms with van der Waals surface area (Å²) in [6.45, 7) is 0. The molecule has 1 rings (SSSR count). The summed E-state index contributed by atoms with van der Waals surface area (Å²) in [5.74, 6) is -3.66. The fraction of sp³-hybridized carbons (Fsp3) is 0.778. The number of hydrogen-bond acceptors (Lipinski definition) is 5. The van der Waals surface area contributed by atoms with Crippen LogP contribution in [-0.2, 0) is 14.3 Å². The van der Waals surface area contributed by atoms with Crippen molar-refractivity contribution in [2.45, 2.75) is 31.0 Å². The van der Waals surface area contributed by atoms with E-state index in [-0.39, 0.29) is 0 Å². The molecule has 0 spiro atoms. The maximum absolute atomic E-state index is 12.8. The molecule has 0 amide bonds. The van der Waals surface area contributed by atoms with Gasteiger partial charge in [-0.15, -0.1) is 0 Å². The maximum Gasteiger partial charge on any atom is 0.460 e. The van der Waals surface area contributed by atoms with Gasteiger partial charge in [-0.2, -0.15) is 13.2 Å². The molecule has 0 aliphatic heterocycles. The molecule has 1 aliphatic rings. The smallest absolute Gasteiger partial charge is 0.460 e. The number of Topliss-reactive ketones (excluding diaryl/α,β-unsaturated/α-hetero) is 1. The number of esters is 1. The number of ketones is 1. The summed E-state index contributed by atoms with van der Waals surface area (Å²) < 4.78 is 42.6. The Labute approximate surface area is 99.2 Å². The van der Waals surface area contributed by atoms with Gasteiger partial charge in [0, 0.05) is 24.2 Å². The molecule has 0 heterocycles. The lowest BCUT2D eigenvalue weighted by Crippen LogP contribution is -2.57. The summed E-state index contributed by atoms with van der Waals surface area (Å²) in [7, 11) is 0.908. The van der Waals surface area contributed by atoms with Crippen molar-refractivity contribution in [3.05, 3.63) is 10.1 Å². The van der Waals surface area contributed by atoms with Gasteiger partial charge in [0.1, 0.15) is 11.7 Å². The lowest BCUT2D eigenvalue weighted by molar-refractivity contribution is -0.617. The molecule has 6 nitrogen and oxygen atoms in total. The van der Waals surface area contributed by atoms with E-state index in [1.165, 1.54) is 0 Å². The fourth-order valence-electron chi connectivity index (χ4n) is 1.94. The van der Waals surface area contributed by atoms with Gasteiger partial charge in [0.2, 0.25) is 0 Å². The highest BCUT2D eigenvalue weighted by atomic mass is 19.4. The van der Waals surface area contributed by atoms with Gasteiger partial charge in [-0.1, -0.05) is 0 Å². The zero-order valence-electron chi connectivity index (χ0n) is 9.32. The largest absolute Gasteiger partial charge is 0.468 e. The molecular weight excluding hydrogens is 259 g/mol. The molecule has 1 saturated carbocycles. The quantitative estimate of drug-likeness (QED) is 0.324. The molecule has 18 heavy (non-hydrogen) atoms. The minimum atomic E-state index is -5.12. The maximum atomic E-state index is 12.8. The van der Waals surface area contributed by atoms with Crippen LogP contribution in [0.4, 0.5) is 13.2 Å². The van der Waals surface area contributed by atoms with Crippen LogP contribution in [0.25, 0.3) is 0 Å². The van der Waals surface area contributed by atoms with Crippen molar-refractivity contribution in [3.63, 3.8) is 0 Å². The Bertz CT molecular complexity index is 386. The Morgan fingerprint density at radius 1 is 1.56 bits per heavy atom. The van der Waals surface area contributed by atoms with Gasteiger partial charge in [0.15, 0.2) is 0 Å². The Morgan fingerprint density at radius 2 is 2.11 bits per heavy atom. The van der Waals surface area contributed by atoms with Gasteiger partial charge in [-0.05, 0) is 0 Å². The van der Waals surface area contributed by atoms with Crippen molar-refractivity contribution in [1.29, 1.82) is 0 Å². The van der Waals surface area contributed by atoms with Crippen LogP contribution in [0, 0.1) is 16.0 Å². The second-order valence-corrected chi connectivity index (χ2v) is 4.03. The van der Waals surface area contributed by atoms with Crippen LogP contribution in [0.1, 0.15) is 19.3 Å². The number of rotatable bonds is 2. The monoisotopic (exact) mass is 269 g/mol. The molecule has 0 radical (unpaired) electrons. The van der Waals surface area contributed by atoms with Gasteiger partial charge in [0.05, 0.1) is 7.11 Å². The highest BCUT2D eigenvalue weighted by Gasteiger charge is 2.69. The summed E-state index contributed by atoms with van der Waals surface area (Å²) in [4.78, 5) is 31.8. The molecule has 0 aromatic carbocycles. The van der Waals surface area contributed by atoms with Gasteiger partial charge >= 0.3 is 17.7 Å². The molecule has 102 valence electrons. The van der Waals surface area contributed by atoms with E-state index in [0.717, 1.165) is 7.11 Å². The van der Waals surface area contributed by atoms with Crippen molar-refractivity contribution in [3.8, 4) is 0 Å². The highest BCUT2D eigenvalue weighted by Crippen LogP contribution is 2.45. The zero-order chi connectivity index (χ0) is 14.1. The lowest BCUT2D eigenvalue weighted by atomic mass is 9.74. The third-order valence-corrected chi connectivity index (χ3v) is 3.08. The molecule has 1 aliphatic carbocycles. The minimum absolute atomic E-state index is 0.666. The number of carbonyl (C=O) groups is 2. The lowest BCUT2D eigenvalue weighted by Gasteiger charge is -2.33. The Morgan fingerprint density at radius 3 is 2.50 bits per heavy atom. The van der Waals surface area contributed by atoms with Gasteiger partial charge in [-0.3, -0.25) is 19.7 Å². The topological polar surface area (TPSA) is 86.5 Å². The number of carbonyl (C=O) groups excluding carboxylic acids is 2. The fourth-order valence-corrected chi connectivity index (χ4v) is 1.94. The summed E-state index contributed by atoms with van der Waals surface area (Å²) in [5.41, 5.74) is -3.25. The number of nitrogens with zero attached hydrogens (tertiary/aromatic N) is 1. The first-order chi connectivity index (χ1) is 8.15. The van der Waals surface area contributed by atoms with Gasteiger partial charge in [-0.25, -0.2) is 0 Å². The molecule has 0 bridgehead atoms.